The number of benzene rings is 1. The van der Waals surface area contributed by atoms with Crippen molar-refractivity contribution < 1.29 is 4.79 Å². The maximum atomic E-state index is 11.9. The molecule has 0 spiro atoms. The van der Waals surface area contributed by atoms with Crippen LogP contribution in [0.15, 0.2) is 18.2 Å². The molecule has 114 valence electrons. The third-order valence-electron chi connectivity index (χ3n) is 4.82. The number of nitrogens with one attached hydrogen (secondary N) is 2. The number of halogens is 1. The summed E-state index contributed by atoms with van der Waals surface area (Å²) in [5.41, 5.74) is 2.23. The Bertz CT molecular complexity index is 548. The summed E-state index contributed by atoms with van der Waals surface area (Å²) in [5.74, 6) is 0.312. The number of hydrogen-bond donors (Lipinski definition) is 2. The smallest absolute Gasteiger partial charge is 0.225 e. The molecule has 0 radical (unpaired) electrons. The normalized spacial score (nSPS) is 26.4. The Morgan fingerprint density at radius 3 is 3.00 bits per heavy atom. The highest BCUT2D eigenvalue weighted by atomic mass is 35.5. The van der Waals surface area contributed by atoms with E-state index in [4.69, 9.17) is 11.6 Å². The van der Waals surface area contributed by atoms with Crippen LogP contribution in [-0.4, -0.2) is 32.1 Å². The molecule has 0 aliphatic carbocycles. The first kappa shape index (κ1) is 14.7. The minimum atomic E-state index is 0.116. The Balaban J connectivity index is 1.88. The van der Waals surface area contributed by atoms with Gasteiger partial charge in [-0.15, -0.1) is 0 Å². The Kier molecular flexibility index (Phi) is 4.09. The number of nitrogens with zero attached hydrogens (tertiary/aromatic N) is 1. The van der Waals surface area contributed by atoms with E-state index in [0.717, 1.165) is 36.6 Å². The fourth-order valence-electron chi connectivity index (χ4n) is 3.44. The van der Waals surface area contributed by atoms with Crippen LogP contribution in [0.1, 0.15) is 31.4 Å². The standard InChI is InChI=1S/C16H22ClN3O/c1-10(18-2)11-5-6-14(13(17)8-11)20-7-3-4-12-15(20)9-19-16(12)21/h5-6,8,10,12,15,18H,3-4,7,9H2,1-2H3,(H,19,21). The van der Waals surface area contributed by atoms with Crippen molar-refractivity contribution in [3.63, 3.8) is 0 Å². The Morgan fingerprint density at radius 1 is 1.48 bits per heavy atom. The van der Waals surface area contributed by atoms with Gasteiger partial charge in [0, 0.05) is 19.1 Å². The van der Waals surface area contributed by atoms with Gasteiger partial charge in [0.2, 0.25) is 5.91 Å². The summed E-state index contributed by atoms with van der Waals surface area (Å²) in [6.45, 7) is 3.81. The van der Waals surface area contributed by atoms with Crippen molar-refractivity contribution in [2.45, 2.75) is 31.8 Å². The molecule has 2 aliphatic rings. The molecule has 1 aromatic rings. The predicted molar refractivity (Wildman–Crippen MR) is 85.8 cm³/mol. The predicted octanol–water partition coefficient (Wildman–Crippen LogP) is 2.34. The molecular weight excluding hydrogens is 286 g/mol. The van der Waals surface area contributed by atoms with Gasteiger partial charge in [0.15, 0.2) is 0 Å². The van der Waals surface area contributed by atoms with Crippen molar-refractivity contribution in [1.82, 2.24) is 10.6 Å². The second kappa shape index (κ2) is 5.85. The van der Waals surface area contributed by atoms with E-state index in [1.807, 2.05) is 13.1 Å². The van der Waals surface area contributed by atoms with Crippen molar-refractivity contribution in [3.05, 3.63) is 28.8 Å². The minimum Gasteiger partial charge on any atom is -0.365 e. The fraction of sp³-hybridized carbons (Fsp3) is 0.562. The quantitative estimate of drug-likeness (QED) is 0.901. The average Bonchev–Trinajstić information content (AvgIpc) is 2.88. The lowest BCUT2D eigenvalue weighted by atomic mass is 9.91. The summed E-state index contributed by atoms with van der Waals surface area (Å²) in [7, 11) is 1.94. The first-order chi connectivity index (χ1) is 10.1. The maximum Gasteiger partial charge on any atom is 0.225 e. The van der Waals surface area contributed by atoms with Crippen LogP contribution < -0.4 is 15.5 Å². The van der Waals surface area contributed by atoms with Gasteiger partial charge in [0.05, 0.1) is 22.7 Å². The van der Waals surface area contributed by atoms with Crippen LogP contribution in [0.2, 0.25) is 5.02 Å². The van der Waals surface area contributed by atoms with Crippen LogP contribution >= 0.6 is 11.6 Å². The summed E-state index contributed by atoms with van der Waals surface area (Å²) >= 11 is 6.52. The van der Waals surface area contributed by atoms with Gasteiger partial charge >= 0.3 is 0 Å². The first-order valence-electron chi connectivity index (χ1n) is 7.63. The lowest BCUT2D eigenvalue weighted by Crippen LogP contribution is -2.45. The molecule has 21 heavy (non-hydrogen) atoms. The zero-order valence-electron chi connectivity index (χ0n) is 12.5. The van der Waals surface area contributed by atoms with E-state index < -0.39 is 0 Å². The zero-order valence-corrected chi connectivity index (χ0v) is 13.3. The molecule has 5 heteroatoms. The highest BCUT2D eigenvalue weighted by Crippen LogP contribution is 2.36. The molecule has 0 bridgehead atoms. The number of fused-ring (bicyclic) bond motifs is 1. The SMILES string of the molecule is CNC(C)c1ccc(N2CCCC3C(=O)NCC32)c(Cl)c1. The Morgan fingerprint density at radius 2 is 2.29 bits per heavy atom. The molecule has 3 rings (SSSR count). The van der Waals surface area contributed by atoms with Crippen LogP contribution in [0, 0.1) is 5.92 Å². The molecule has 0 saturated carbocycles. The van der Waals surface area contributed by atoms with Crippen LogP contribution in [0.4, 0.5) is 5.69 Å². The van der Waals surface area contributed by atoms with Crippen LogP contribution in [0.3, 0.4) is 0 Å². The van der Waals surface area contributed by atoms with Crippen molar-refractivity contribution >= 4 is 23.2 Å². The number of carbonyl (C=O) groups excluding carboxylic acids is 1. The number of anilines is 1. The van der Waals surface area contributed by atoms with Gasteiger partial charge < -0.3 is 15.5 Å². The largest absolute Gasteiger partial charge is 0.365 e. The lowest BCUT2D eigenvalue weighted by molar-refractivity contribution is -0.122. The summed E-state index contributed by atoms with van der Waals surface area (Å²) < 4.78 is 0. The highest BCUT2D eigenvalue weighted by molar-refractivity contribution is 6.33. The molecule has 2 N–H and O–H groups in total. The van der Waals surface area contributed by atoms with E-state index in [1.54, 1.807) is 0 Å². The van der Waals surface area contributed by atoms with Gasteiger partial charge in [-0.25, -0.2) is 0 Å². The summed E-state index contributed by atoms with van der Waals surface area (Å²) in [4.78, 5) is 14.2. The summed E-state index contributed by atoms with van der Waals surface area (Å²) in [6, 6.07) is 6.77. The van der Waals surface area contributed by atoms with Gasteiger partial charge in [-0.1, -0.05) is 17.7 Å². The molecule has 2 heterocycles. The number of rotatable bonds is 3. The minimum absolute atomic E-state index is 0.116. The second-order valence-electron chi connectivity index (χ2n) is 5.98. The molecule has 2 fully saturated rings. The number of hydrogen-bond acceptors (Lipinski definition) is 3. The van der Waals surface area contributed by atoms with Crippen molar-refractivity contribution in [1.29, 1.82) is 0 Å². The molecule has 4 nitrogen and oxygen atoms in total. The van der Waals surface area contributed by atoms with Gasteiger partial charge in [-0.05, 0) is 44.5 Å². The molecule has 3 unspecified atom stereocenters. The fourth-order valence-corrected chi connectivity index (χ4v) is 3.74. The Hall–Kier alpha value is -1.26. The second-order valence-corrected chi connectivity index (χ2v) is 6.38. The van der Waals surface area contributed by atoms with Gasteiger partial charge in [0.1, 0.15) is 0 Å². The molecular formula is C16H22ClN3O. The third-order valence-corrected chi connectivity index (χ3v) is 5.12. The summed E-state index contributed by atoms with van der Waals surface area (Å²) in [5, 5.41) is 6.98. The van der Waals surface area contributed by atoms with Gasteiger partial charge in [0.25, 0.3) is 0 Å². The highest BCUT2D eigenvalue weighted by Gasteiger charge is 2.41. The van der Waals surface area contributed by atoms with E-state index >= 15 is 0 Å². The Labute approximate surface area is 130 Å². The van der Waals surface area contributed by atoms with Crippen molar-refractivity contribution in [2.24, 2.45) is 5.92 Å². The molecule has 1 amide bonds. The zero-order chi connectivity index (χ0) is 15.0. The van der Waals surface area contributed by atoms with E-state index in [9.17, 15) is 4.79 Å². The van der Waals surface area contributed by atoms with E-state index in [2.05, 4.69) is 34.6 Å². The van der Waals surface area contributed by atoms with E-state index in [0.29, 0.717) is 0 Å². The number of piperidine rings is 1. The monoisotopic (exact) mass is 307 g/mol. The molecule has 2 saturated heterocycles. The van der Waals surface area contributed by atoms with Gasteiger partial charge in [-0.2, -0.15) is 0 Å². The topological polar surface area (TPSA) is 44.4 Å². The lowest BCUT2D eigenvalue weighted by Gasteiger charge is -2.38. The molecule has 3 atom stereocenters. The van der Waals surface area contributed by atoms with Crippen LogP contribution in [0.5, 0.6) is 0 Å². The van der Waals surface area contributed by atoms with E-state index in [-0.39, 0.29) is 23.9 Å². The third kappa shape index (κ3) is 2.62. The van der Waals surface area contributed by atoms with Crippen LogP contribution in [0.25, 0.3) is 0 Å². The molecule has 2 aliphatic heterocycles. The summed E-state index contributed by atoms with van der Waals surface area (Å²) in [6.07, 6.45) is 2.03. The van der Waals surface area contributed by atoms with Crippen molar-refractivity contribution in [3.8, 4) is 0 Å². The van der Waals surface area contributed by atoms with Crippen LogP contribution in [-0.2, 0) is 4.79 Å². The van der Waals surface area contributed by atoms with E-state index in [1.165, 1.54) is 5.56 Å². The molecule has 1 aromatic carbocycles. The number of carbonyl (C=O) groups is 1. The average molecular weight is 308 g/mol. The number of amides is 1. The van der Waals surface area contributed by atoms with Gasteiger partial charge in [-0.3, -0.25) is 4.79 Å². The van der Waals surface area contributed by atoms with Crippen molar-refractivity contribution in [2.75, 3.05) is 25.0 Å². The molecule has 0 aromatic heterocycles. The first-order valence-corrected chi connectivity index (χ1v) is 8.00. The maximum absolute atomic E-state index is 11.9.